The molecule has 0 saturated heterocycles. The molecular weight excluding hydrogens is 284 g/mol. The largest absolute Gasteiger partial charge is 0.347 e. The molecule has 6 nitrogen and oxygen atoms in total. The third-order valence-corrected chi connectivity index (χ3v) is 5.63. The lowest BCUT2D eigenvalue weighted by molar-refractivity contribution is 0.563. The van der Waals surface area contributed by atoms with Crippen molar-refractivity contribution in [2.45, 2.75) is 23.7 Å². The standard InChI is InChI=1S/C11H16N4O2S2/c1-8(11-13-5-6-14-11)15-19(16,17)10-4-3-9(18-10)7-12-2/h3-6,8,12,15H,7H2,1-2H3,(H,13,14). The minimum atomic E-state index is -3.50. The Hall–Kier alpha value is -1.22. The maximum atomic E-state index is 12.2. The van der Waals surface area contributed by atoms with Gasteiger partial charge >= 0.3 is 0 Å². The number of imidazole rings is 1. The second-order valence-corrected chi connectivity index (χ2v) is 7.18. The molecule has 0 fully saturated rings. The van der Waals surface area contributed by atoms with Crippen LogP contribution in [0.2, 0.25) is 0 Å². The molecule has 0 aromatic carbocycles. The molecule has 0 saturated carbocycles. The smallest absolute Gasteiger partial charge is 0.250 e. The van der Waals surface area contributed by atoms with Crippen LogP contribution in [0.15, 0.2) is 28.7 Å². The normalized spacial score (nSPS) is 13.6. The van der Waals surface area contributed by atoms with Gasteiger partial charge in [-0.15, -0.1) is 11.3 Å². The summed E-state index contributed by atoms with van der Waals surface area (Å²) in [6, 6.07) is 3.04. The molecule has 0 aliphatic heterocycles. The zero-order valence-electron chi connectivity index (χ0n) is 10.7. The molecule has 3 N–H and O–H groups in total. The molecule has 2 aromatic heterocycles. The van der Waals surface area contributed by atoms with Gasteiger partial charge in [-0.2, -0.15) is 0 Å². The van der Waals surface area contributed by atoms with E-state index in [1.807, 2.05) is 13.1 Å². The third kappa shape index (κ3) is 3.41. The Bertz CT molecular complexity index is 619. The molecule has 2 rings (SSSR count). The van der Waals surface area contributed by atoms with Crippen molar-refractivity contribution in [3.8, 4) is 0 Å². The van der Waals surface area contributed by atoms with Gasteiger partial charge < -0.3 is 10.3 Å². The van der Waals surface area contributed by atoms with Crippen molar-refractivity contribution in [1.29, 1.82) is 0 Å². The Morgan fingerprint density at radius 2 is 2.26 bits per heavy atom. The lowest BCUT2D eigenvalue weighted by Gasteiger charge is -2.10. The van der Waals surface area contributed by atoms with Crippen LogP contribution in [0.25, 0.3) is 0 Å². The van der Waals surface area contributed by atoms with E-state index in [0.717, 1.165) is 4.88 Å². The summed E-state index contributed by atoms with van der Waals surface area (Å²) in [5, 5.41) is 2.99. The summed E-state index contributed by atoms with van der Waals surface area (Å²) in [6.07, 6.45) is 3.26. The van der Waals surface area contributed by atoms with E-state index in [1.54, 1.807) is 25.4 Å². The van der Waals surface area contributed by atoms with Crippen molar-refractivity contribution >= 4 is 21.4 Å². The number of aromatic amines is 1. The van der Waals surface area contributed by atoms with Gasteiger partial charge in [0.1, 0.15) is 10.0 Å². The number of rotatable bonds is 6. The molecule has 0 spiro atoms. The molecule has 0 bridgehead atoms. The summed E-state index contributed by atoms with van der Waals surface area (Å²) in [7, 11) is -1.68. The molecule has 1 atom stereocenters. The Morgan fingerprint density at radius 3 is 2.89 bits per heavy atom. The highest BCUT2D eigenvalue weighted by atomic mass is 32.2. The van der Waals surface area contributed by atoms with Crippen LogP contribution in [-0.2, 0) is 16.6 Å². The topological polar surface area (TPSA) is 86.9 Å². The summed E-state index contributed by atoms with van der Waals surface area (Å²) >= 11 is 1.26. The number of hydrogen-bond acceptors (Lipinski definition) is 5. The summed E-state index contributed by atoms with van der Waals surface area (Å²) in [5.41, 5.74) is 0. The Morgan fingerprint density at radius 1 is 1.47 bits per heavy atom. The number of aromatic nitrogens is 2. The van der Waals surface area contributed by atoms with Crippen LogP contribution in [0.4, 0.5) is 0 Å². The van der Waals surface area contributed by atoms with Crippen LogP contribution in [-0.4, -0.2) is 25.4 Å². The van der Waals surface area contributed by atoms with Crippen molar-refractivity contribution in [2.24, 2.45) is 0 Å². The molecule has 8 heteroatoms. The van der Waals surface area contributed by atoms with Gasteiger partial charge in [-0.3, -0.25) is 0 Å². The molecule has 19 heavy (non-hydrogen) atoms. The highest BCUT2D eigenvalue weighted by Crippen LogP contribution is 2.23. The van der Waals surface area contributed by atoms with E-state index in [0.29, 0.717) is 16.6 Å². The molecule has 2 heterocycles. The SMILES string of the molecule is CNCc1ccc(S(=O)(=O)NC(C)c2ncc[nH]2)s1. The van der Waals surface area contributed by atoms with Crippen molar-refractivity contribution in [3.05, 3.63) is 35.2 Å². The minimum Gasteiger partial charge on any atom is -0.347 e. The van der Waals surface area contributed by atoms with E-state index in [4.69, 9.17) is 0 Å². The maximum Gasteiger partial charge on any atom is 0.250 e. The number of sulfonamides is 1. The van der Waals surface area contributed by atoms with E-state index < -0.39 is 16.1 Å². The summed E-state index contributed by atoms with van der Waals surface area (Å²) < 4.78 is 27.3. The minimum absolute atomic E-state index is 0.316. The van der Waals surface area contributed by atoms with Gasteiger partial charge in [0.05, 0.1) is 6.04 Å². The zero-order valence-corrected chi connectivity index (χ0v) is 12.3. The van der Waals surface area contributed by atoms with E-state index in [-0.39, 0.29) is 0 Å². The second-order valence-electron chi connectivity index (χ2n) is 4.07. The molecule has 0 aliphatic carbocycles. The first-order valence-corrected chi connectivity index (χ1v) is 8.08. The van der Waals surface area contributed by atoms with Gasteiger partial charge in [0.25, 0.3) is 10.0 Å². The number of hydrogen-bond donors (Lipinski definition) is 3. The fraction of sp³-hybridized carbons (Fsp3) is 0.364. The fourth-order valence-corrected chi connectivity index (χ4v) is 4.22. The highest BCUT2D eigenvalue weighted by molar-refractivity contribution is 7.91. The first-order chi connectivity index (χ1) is 9.03. The highest BCUT2D eigenvalue weighted by Gasteiger charge is 2.21. The Kier molecular flexibility index (Phi) is 4.35. The monoisotopic (exact) mass is 300 g/mol. The lowest BCUT2D eigenvalue weighted by Crippen LogP contribution is -2.26. The molecule has 0 aliphatic rings. The number of thiophene rings is 1. The van der Waals surface area contributed by atoms with Crippen molar-refractivity contribution < 1.29 is 8.42 Å². The second kappa shape index (κ2) is 5.83. The summed E-state index contributed by atoms with van der Waals surface area (Å²) in [5.74, 6) is 0.593. The van der Waals surface area contributed by atoms with Crippen molar-refractivity contribution in [1.82, 2.24) is 20.0 Å². The molecule has 2 aromatic rings. The number of nitrogens with zero attached hydrogens (tertiary/aromatic N) is 1. The first kappa shape index (κ1) is 14.2. The van der Waals surface area contributed by atoms with Gasteiger partial charge in [-0.25, -0.2) is 18.1 Å². The molecule has 0 radical (unpaired) electrons. The van der Waals surface area contributed by atoms with Gasteiger partial charge in [0.15, 0.2) is 0 Å². The van der Waals surface area contributed by atoms with Crippen LogP contribution < -0.4 is 10.0 Å². The van der Waals surface area contributed by atoms with E-state index in [2.05, 4.69) is 20.0 Å². The van der Waals surface area contributed by atoms with Crippen LogP contribution in [0.1, 0.15) is 23.7 Å². The molecular formula is C11H16N4O2S2. The average Bonchev–Trinajstić information content (AvgIpc) is 2.99. The Balaban J connectivity index is 2.13. The quantitative estimate of drug-likeness (QED) is 0.749. The lowest BCUT2D eigenvalue weighted by atomic mass is 10.3. The third-order valence-electron chi connectivity index (χ3n) is 2.51. The predicted molar refractivity (Wildman–Crippen MR) is 74.4 cm³/mol. The van der Waals surface area contributed by atoms with Crippen molar-refractivity contribution in [2.75, 3.05) is 7.05 Å². The van der Waals surface area contributed by atoms with Gasteiger partial charge in [-0.1, -0.05) is 0 Å². The fourth-order valence-electron chi connectivity index (χ4n) is 1.63. The van der Waals surface area contributed by atoms with Gasteiger partial charge in [0.2, 0.25) is 0 Å². The molecule has 0 amide bonds. The van der Waals surface area contributed by atoms with Crippen LogP contribution >= 0.6 is 11.3 Å². The predicted octanol–water partition coefficient (Wildman–Crippen LogP) is 1.23. The zero-order chi connectivity index (χ0) is 13.9. The van der Waals surface area contributed by atoms with Crippen LogP contribution in [0.3, 0.4) is 0 Å². The van der Waals surface area contributed by atoms with Crippen LogP contribution in [0, 0.1) is 0 Å². The summed E-state index contributed by atoms with van der Waals surface area (Å²) in [6.45, 7) is 2.41. The number of H-pyrrole nitrogens is 1. The summed E-state index contributed by atoms with van der Waals surface area (Å²) in [4.78, 5) is 7.91. The number of nitrogens with one attached hydrogen (secondary N) is 3. The van der Waals surface area contributed by atoms with E-state index in [1.165, 1.54) is 11.3 Å². The van der Waals surface area contributed by atoms with Gasteiger partial charge in [0, 0.05) is 23.8 Å². The Labute approximate surface area is 116 Å². The van der Waals surface area contributed by atoms with Crippen LogP contribution in [0.5, 0.6) is 0 Å². The van der Waals surface area contributed by atoms with E-state index in [9.17, 15) is 8.42 Å². The average molecular weight is 300 g/mol. The maximum absolute atomic E-state index is 12.2. The van der Waals surface area contributed by atoms with Crippen molar-refractivity contribution in [3.63, 3.8) is 0 Å². The van der Waals surface area contributed by atoms with Gasteiger partial charge in [-0.05, 0) is 26.1 Å². The van der Waals surface area contributed by atoms with E-state index >= 15 is 0 Å². The first-order valence-electron chi connectivity index (χ1n) is 5.78. The molecule has 1 unspecified atom stereocenters. The molecule has 104 valence electrons.